The number of aliphatic hydroxyl groups excluding tert-OH is 1. The highest BCUT2D eigenvalue weighted by Gasteiger charge is 2.29. The number of nitrogens with one attached hydrogen (secondary N) is 1. The lowest BCUT2D eigenvalue weighted by Crippen LogP contribution is -2.38. The quantitative estimate of drug-likeness (QED) is 0.674. The number of carbonyl (C=O) groups excluding carboxylic acids is 1. The smallest absolute Gasteiger partial charge is 0.308 e. The third-order valence-electron chi connectivity index (χ3n) is 2.89. The molecule has 4 nitrogen and oxygen atoms in total. The maximum atomic E-state index is 11.1. The van der Waals surface area contributed by atoms with Crippen molar-refractivity contribution in [2.24, 2.45) is 0 Å². The number of rotatable bonds is 7. The molecular formula is C12H23NO3S. The Hall–Kier alpha value is -0.260. The first-order valence-electron chi connectivity index (χ1n) is 6.24. The summed E-state index contributed by atoms with van der Waals surface area (Å²) in [7, 11) is 0. The monoisotopic (exact) mass is 261 g/mol. The molecule has 100 valence electrons. The molecule has 1 fully saturated rings. The van der Waals surface area contributed by atoms with Crippen LogP contribution in [0.2, 0.25) is 0 Å². The van der Waals surface area contributed by atoms with Crippen molar-refractivity contribution in [1.82, 2.24) is 5.32 Å². The van der Waals surface area contributed by atoms with Gasteiger partial charge in [-0.15, -0.1) is 0 Å². The predicted octanol–water partition coefficient (Wildman–Crippen LogP) is 1.18. The SMILES string of the molecule is CCOC(=O)CC(O)CNCC1(C)CCCS1. The number of hydrogen-bond donors (Lipinski definition) is 2. The Morgan fingerprint density at radius 3 is 3.00 bits per heavy atom. The van der Waals surface area contributed by atoms with Gasteiger partial charge in [-0.1, -0.05) is 0 Å². The molecule has 1 aliphatic heterocycles. The third kappa shape index (κ3) is 5.75. The lowest BCUT2D eigenvalue weighted by Gasteiger charge is -2.23. The van der Waals surface area contributed by atoms with Gasteiger partial charge in [-0.3, -0.25) is 4.79 Å². The molecule has 1 saturated heterocycles. The minimum absolute atomic E-state index is 0.0741. The minimum Gasteiger partial charge on any atom is -0.466 e. The summed E-state index contributed by atoms with van der Waals surface area (Å²) in [5, 5.41) is 12.9. The average Bonchev–Trinajstić information content (AvgIpc) is 2.65. The van der Waals surface area contributed by atoms with E-state index in [-0.39, 0.29) is 12.4 Å². The topological polar surface area (TPSA) is 58.6 Å². The Morgan fingerprint density at radius 1 is 1.65 bits per heavy atom. The van der Waals surface area contributed by atoms with Crippen molar-refractivity contribution < 1.29 is 14.6 Å². The van der Waals surface area contributed by atoms with E-state index in [4.69, 9.17) is 4.74 Å². The molecule has 2 atom stereocenters. The fourth-order valence-corrected chi connectivity index (χ4v) is 3.24. The summed E-state index contributed by atoms with van der Waals surface area (Å²) in [4.78, 5) is 11.1. The van der Waals surface area contributed by atoms with Crippen molar-refractivity contribution >= 4 is 17.7 Å². The van der Waals surface area contributed by atoms with Gasteiger partial charge in [0.15, 0.2) is 0 Å². The van der Waals surface area contributed by atoms with Gasteiger partial charge in [-0.2, -0.15) is 11.8 Å². The molecular weight excluding hydrogens is 238 g/mol. The van der Waals surface area contributed by atoms with Crippen LogP contribution in [-0.2, 0) is 9.53 Å². The van der Waals surface area contributed by atoms with E-state index in [2.05, 4.69) is 12.2 Å². The van der Waals surface area contributed by atoms with Crippen LogP contribution in [0.1, 0.15) is 33.1 Å². The normalized spacial score (nSPS) is 25.8. The Kier molecular flexibility index (Phi) is 6.30. The zero-order valence-corrected chi connectivity index (χ0v) is 11.5. The molecule has 0 spiro atoms. The summed E-state index contributed by atoms with van der Waals surface area (Å²) in [6.07, 6.45) is 1.92. The van der Waals surface area contributed by atoms with Gasteiger partial charge in [0.25, 0.3) is 0 Å². The zero-order valence-electron chi connectivity index (χ0n) is 10.7. The van der Waals surface area contributed by atoms with Gasteiger partial charge in [0.05, 0.1) is 19.1 Å². The lowest BCUT2D eigenvalue weighted by atomic mass is 10.1. The number of esters is 1. The van der Waals surface area contributed by atoms with Crippen molar-refractivity contribution in [1.29, 1.82) is 0 Å². The van der Waals surface area contributed by atoms with Crippen molar-refractivity contribution in [3.05, 3.63) is 0 Å². The van der Waals surface area contributed by atoms with Crippen LogP contribution in [0.15, 0.2) is 0 Å². The second-order valence-electron chi connectivity index (χ2n) is 4.70. The van der Waals surface area contributed by atoms with Gasteiger partial charge < -0.3 is 15.2 Å². The molecule has 0 bridgehead atoms. The lowest BCUT2D eigenvalue weighted by molar-refractivity contribution is -0.145. The Balaban J connectivity index is 2.11. The molecule has 17 heavy (non-hydrogen) atoms. The molecule has 1 heterocycles. The summed E-state index contributed by atoms with van der Waals surface area (Å²) in [5.74, 6) is 0.895. The molecule has 1 rings (SSSR count). The molecule has 0 amide bonds. The van der Waals surface area contributed by atoms with Crippen molar-refractivity contribution in [2.75, 3.05) is 25.4 Å². The van der Waals surface area contributed by atoms with Crippen molar-refractivity contribution in [3.8, 4) is 0 Å². The summed E-state index contributed by atoms with van der Waals surface area (Å²) < 4.78 is 5.08. The fourth-order valence-electron chi connectivity index (χ4n) is 1.96. The van der Waals surface area contributed by atoms with Gasteiger partial charge in [0, 0.05) is 17.8 Å². The highest BCUT2D eigenvalue weighted by Crippen LogP contribution is 2.36. The van der Waals surface area contributed by atoms with Crippen LogP contribution in [0.5, 0.6) is 0 Å². The summed E-state index contributed by atoms with van der Waals surface area (Å²) >= 11 is 1.98. The van der Waals surface area contributed by atoms with E-state index in [1.807, 2.05) is 11.8 Å². The number of hydrogen-bond acceptors (Lipinski definition) is 5. The summed E-state index contributed by atoms with van der Waals surface area (Å²) in [6, 6.07) is 0. The third-order valence-corrected chi connectivity index (χ3v) is 4.43. The zero-order chi connectivity index (χ0) is 12.7. The molecule has 2 N–H and O–H groups in total. The van der Waals surface area contributed by atoms with Crippen LogP contribution in [0.3, 0.4) is 0 Å². The van der Waals surface area contributed by atoms with Gasteiger partial charge in [0.1, 0.15) is 0 Å². The highest BCUT2D eigenvalue weighted by molar-refractivity contribution is 8.00. The summed E-state index contributed by atoms with van der Waals surface area (Å²) in [6.45, 7) is 5.72. The maximum absolute atomic E-state index is 11.1. The van der Waals surface area contributed by atoms with E-state index in [0.717, 1.165) is 6.54 Å². The number of carbonyl (C=O) groups is 1. The van der Waals surface area contributed by atoms with E-state index in [9.17, 15) is 9.90 Å². The highest BCUT2D eigenvalue weighted by atomic mass is 32.2. The van der Waals surface area contributed by atoms with E-state index in [1.54, 1.807) is 6.92 Å². The molecule has 0 radical (unpaired) electrons. The number of thioether (sulfide) groups is 1. The molecule has 0 aliphatic carbocycles. The Morgan fingerprint density at radius 2 is 2.41 bits per heavy atom. The van der Waals surface area contributed by atoms with Crippen LogP contribution < -0.4 is 5.32 Å². The van der Waals surface area contributed by atoms with Gasteiger partial charge in [0.2, 0.25) is 0 Å². The first-order chi connectivity index (χ1) is 8.06. The minimum atomic E-state index is -0.649. The number of ether oxygens (including phenoxy) is 1. The second kappa shape index (κ2) is 7.24. The molecule has 0 aromatic rings. The summed E-state index contributed by atoms with van der Waals surface area (Å²) in [5.41, 5.74) is 0. The van der Waals surface area contributed by atoms with Gasteiger partial charge in [-0.25, -0.2) is 0 Å². The Labute approximate surface area is 107 Å². The maximum Gasteiger partial charge on any atom is 0.308 e. The van der Waals surface area contributed by atoms with Gasteiger partial charge >= 0.3 is 5.97 Å². The second-order valence-corrected chi connectivity index (χ2v) is 6.38. The van der Waals surface area contributed by atoms with Gasteiger partial charge in [-0.05, 0) is 32.4 Å². The van der Waals surface area contributed by atoms with Crippen LogP contribution in [-0.4, -0.2) is 47.4 Å². The fraction of sp³-hybridized carbons (Fsp3) is 0.917. The molecule has 0 aromatic carbocycles. The van der Waals surface area contributed by atoms with E-state index in [1.165, 1.54) is 18.6 Å². The molecule has 5 heteroatoms. The standard InChI is InChI=1S/C12H23NO3S/c1-3-16-11(15)7-10(14)8-13-9-12(2)5-4-6-17-12/h10,13-14H,3-9H2,1-2H3. The van der Waals surface area contributed by atoms with Crippen LogP contribution in [0, 0.1) is 0 Å². The first kappa shape index (κ1) is 14.8. The predicted molar refractivity (Wildman–Crippen MR) is 70.2 cm³/mol. The first-order valence-corrected chi connectivity index (χ1v) is 7.22. The molecule has 1 aliphatic rings. The van der Waals surface area contributed by atoms with E-state index in [0.29, 0.717) is 17.9 Å². The van der Waals surface area contributed by atoms with Crippen molar-refractivity contribution in [3.63, 3.8) is 0 Å². The van der Waals surface area contributed by atoms with E-state index < -0.39 is 6.10 Å². The molecule has 0 saturated carbocycles. The number of aliphatic hydroxyl groups is 1. The van der Waals surface area contributed by atoms with Crippen molar-refractivity contribution in [2.45, 2.75) is 44.0 Å². The Bertz CT molecular complexity index is 242. The van der Waals surface area contributed by atoms with E-state index >= 15 is 0 Å². The van der Waals surface area contributed by atoms with Crippen LogP contribution in [0.25, 0.3) is 0 Å². The molecule has 0 aromatic heterocycles. The van der Waals surface area contributed by atoms with Crippen LogP contribution in [0.4, 0.5) is 0 Å². The molecule has 2 unspecified atom stereocenters. The largest absolute Gasteiger partial charge is 0.466 e. The van der Waals surface area contributed by atoms with Crippen LogP contribution >= 0.6 is 11.8 Å². The average molecular weight is 261 g/mol.